The monoisotopic (exact) mass is 369 g/mol. The Bertz CT molecular complexity index is 446. The smallest absolute Gasteiger partial charge is 0.317 e. The number of hydrogen-bond donors (Lipinski definition) is 3. The summed E-state index contributed by atoms with van der Waals surface area (Å²) < 4.78 is 13.5. The molecule has 0 spiro atoms. The second-order valence-corrected chi connectivity index (χ2v) is 8.28. The zero-order valence-electron chi connectivity index (χ0n) is 16.2. The number of alkyl halides is 1. The molecule has 3 fully saturated rings. The molecule has 2 saturated heterocycles. The summed E-state index contributed by atoms with van der Waals surface area (Å²) >= 11 is 0. The summed E-state index contributed by atoms with van der Waals surface area (Å²) in [6.07, 6.45) is 8.66. The molecule has 26 heavy (non-hydrogen) atoms. The molecule has 1 aliphatic carbocycles. The lowest BCUT2D eigenvalue weighted by Gasteiger charge is -2.42. The molecule has 2 aliphatic heterocycles. The summed E-state index contributed by atoms with van der Waals surface area (Å²) in [7, 11) is 1.91. The van der Waals surface area contributed by atoms with Crippen molar-refractivity contribution < 1.29 is 9.18 Å². The van der Waals surface area contributed by atoms with Crippen LogP contribution in [-0.2, 0) is 0 Å². The molecule has 0 aromatic heterocycles. The molecular weight excluding hydrogens is 333 g/mol. The van der Waals surface area contributed by atoms with Crippen LogP contribution in [-0.4, -0.2) is 67.4 Å². The lowest BCUT2D eigenvalue weighted by atomic mass is 9.86. The Balaban J connectivity index is 1.39. The number of likely N-dealkylation sites (tertiary alicyclic amines) is 1. The van der Waals surface area contributed by atoms with Crippen LogP contribution in [0, 0.1) is 5.92 Å². The van der Waals surface area contributed by atoms with Crippen molar-refractivity contribution in [1.82, 2.24) is 26.0 Å². The van der Waals surface area contributed by atoms with E-state index in [2.05, 4.69) is 21.1 Å². The SMILES string of the molecule is CN(C(=O)NCCC1CCCC(F)C1)C1CCCN(C2CCCNN2)C1. The quantitative estimate of drug-likeness (QED) is 0.696. The minimum Gasteiger partial charge on any atom is -0.338 e. The van der Waals surface area contributed by atoms with Gasteiger partial charge in [-0.3, -0.25) is 10.3 Å². The fourth-order valence-electron chi connectivity index (χ4n) is 4.66. The third-order valence-electron chi connectivity index (χ3n) is 6.33. The fraction of sp³-hybridized carbons (Fsp3) is 0.947. The van der Waals surface area contributed by atoms with Gasteiger partial charge in [-0.2, -0.15) is 0 Å². The number of nitrogens with one attached hydrogen (secondary N) is 3. The Hall–Kier alpha value is -0.920. The Labute approximate surface area is 157 Å². The van der Waals surface area contributed by atoms with Crippen LogP contribution in [0.1, 0.15) is 57.8 Å². The maximum Gasteiger partial charge on any atom is 0.317 e. The lowest BCUT2D eigenvalue weighted by molar-refractivity contribution is 0.0595. The highest BCUT2D eigenvalue weighted by Gasteiger charge is 2.30. The summed E-state index contributed by atoms with van der Waals surface area (Å²) in [5, 5.41) is 3.05. The predicted octanol–water partition coefficient (Wildman–Crippen LogP) is 2.22. The number of nitrogens with zero attached hydrogens (tertiary/aromatic N) is 2. The number of likely N-dealkylation sites (N-methyl/N-ethyl adjacent to an activating group) is 1. The van der Waals surface area contributed by atoms with Crippen LogP contribution in [0.15, 0.2) is 0 Å². The van der Waals surface area contributed by atoms with Crippen LogP contribution in [0.4, 0.5) is 9.18 Å². The molecule has 2 amide bonds. The molecule has 0 aromatic carbocycles. The lowest BCUT2D eigenvalue weighted by Crippen LogP contribution is -2.60. The van der Waals surface area contributed by atoms with Crippen LogP contribution in [0.3, 0.4) is 0 Å². The van der Waals surface area contributed by atoms with E-state index in [1.54, 1.807) is 0 Å². The molecule has 4 atom stereocenters. The van der Waals surface area contributed by atoms with Gasteiger partial charge >= 0.3 is 6.03 Å². The van der Waals surface area contributed by atoms with Crippen LogP contribution in [0.25, 0.3) is 0 Å². The molecule has 150 valence electrons. The summed E-state index contributed by atoms with van der Waals surface area (Å²) in [6.45, 7) is 3.71. The highest BCUT2D eigenvalue weighted by atomic mass is 19.1. The van der Waals surface area contributed by atoms with Crippen molar-refractivity contribution in [3.63, 3.8) is 0 Å². The van der Waals surface area contributed by atoms with Crippen molar-refractivity contribution in [2.24, 2.45) is 5.92 Å². The topological polar surface area (TPSA) is 59.6 Å². The van der Waals surface area contributed by atoms with Gasteiger partial charge in [-0.25, -0.2) is 14.6 Å². The second-order valence-electron chi connectivity index (χ2n) is 8.28. The van der Waals surface area contributed by atoms with Gasteiger partial charge in [0.15, 0.2) is 0 Å². The number of carbonyl (C=O) groups excluding carboxylic acids is 1. The Kier molecular flexibility index (Phi) is 7.52. The van der Waals surface area contributed by atoms with Gasteiger partial charge < -0.3 is 10.2 Å². The first-order valence-corrected chi connectivity index (χ1v) is 10.5. The van der Waals surface area contributed by atoms with Gasteiger partial charge in [0.05, 0.1) is 6.17 Å². The number of amides is 2. The van der Waals surface area contributed by atoms with E-state index in [0.29, 0.717) is 25.0 Å². The Morgan fingerprint density at radius 1 is 1.23 bits per heavy atom. The Morgan fingerprint density at radius 3 is 2.88 bits per heavy atom. The van der Waals surface area contributed by atoms with Gasteiger partial charge in [0, 0.05) is 32.7 Å². The number of hydrazine groups is 1. The molecule has 6 nitrogen and oxygen atoms in total. The van der Waals surface area contributed by atoms with Crippen LogP contribution in [0.2, 0.25) is 0 Å². The van der Waals surface area contributed by atoms with Crippen molar-refractivity contribution in [2.45, 2.75) is 76.2 Å². The van der Waals surface area contributed by atoms with Crippen molar-refractivity contribution in [2.75, 3.05) is 33.2 Å². The number of halogens is 1. The molecule has 1 saturated carbocycles. The molecule has 3 aliphatic rings. The van der Waals surface area contributed by atoms with Gasteiger partial charge in [0.25, 0.3) is 0 Å². The second kappa shape index (κ2) is 9.85. The summed E-state index contributed by atoms with van der Waals surface area (Å²) in [4.78, 5) is 16.9. The summed E-state index contributed by atoms with van der Waals surface area (Å²) in [5.41, 5.74) is 6.63. The third-order valence-corrected chi connectivity index (χ3v) is 6.33. The number of hydrogen-bond acceptors (Lipinski definition) is 4. The third kappa shape index (κ3) is 5.54. The van der Waals surface area contributed by atoms with E-state index >= 15 is 0 Å². The molecule has 0 aromatic rings. The predicted molar refractivity (Wildman–Crippen MR) is 101 cm³/mol. The normalized spacial score (nSPS) is 33.6. The van der Waals surface area contributed by atoms with E-state index in [0.717, 1.165) is 64.6 Å². The molecule has 4 unspecified atom stereocenters. The molecule has 2 heterocycles. The minimum absolute atomic E-state index is 0.0131. The molecular formula is C19H36FN5O. The minimum atomic E-state index is -0.636. The van der Waals surface area contributed by atoms with Gasteiger partial charge in [0.2, 0.25) is 0 Å². The van der Waals surface area contributed by atoms with E-state index in [1.165, 1.54) is 6.42 Å². The molecule has 3 N–H and O–H groups in total. The summed E-state index contributed by atoms with van der Waals surface area (Å²) in [6, 6.07) is 0.275. The first-order valence-electron chi connectivity index (χ1n) is 10.5. The van der Waals surface area contributed by atoms with Crippen molar-refractivity contribution in [3.8, 4) is 0 Å². The van der Waals surface area contributed by atoms with E-state index in [4.69, 9.17) is 0 Å². The number of carbonyl (C=O) groups is 1. The number of rotatable bonds is 5. The first-order chi connectivity index (χ1) is 12.6. The van der Waals surface area contributed by atoms with E-state index in [9.17, 15) is 9.18 Å². The first kappa shape index (κ1) is 19.8. The highest BCUT2D eigenvalue weighted by molar-refractivity contribution is 5.74. The van der Waals surface area contributed by atoms with Crippen molar-refractivity contribution in [3.05, 3.63) is 0 Å². The van der Waals surface area contributed by atoms with Crippen molar-refractivity contribution in [1.29, 1.82) is 0 Å². The largest absolute Gasteiger partial charge is 0.338 e. The number of piperidine rings is 1. The maximum absolute atomic E-state index is 13.5. The fourth-order valence-corrected chi connectivity index (χ4v) is 4.66. The van der Waals surface area contributed by atoms with Gasteiger partial charge in [0.1, 0.15) is 6.17 Å². The van der Waals surface area contributed by atoms with Gasteiger partial charge in [-0.15, -0.1) is 0 Å². The van der Waals surface area contributed by atoms with Crippen molar-refractivity contribution >= 4 is 6.03 Å². The Morgan fingerprint density at radius 2 is 2.12 bits per heavy atom. The van der Waals surface area contributed by atoms with Crippen LogP contribution in [0.5, 0.6) is 0 Å². The molecule has 3 rings (SSSR count). The highest BCUT2D eigenvalue weighted by Crippen LogP contribution is 2.28. The molecule has 0 radical (unpaired) electrons. The number of urea groups is 1. The van der Waals surface area contributed by atoms with E-state index in [-0.39, 0.29) is 12.1 Å². The van der Waals surface area contributed by atoms with Crippen LogP contribution < -0.4 is 16.2 Å². The van der Waals surface area contributed by atoms with E-state index < -0.39 is 6.17 Å². The molecule has 7 heteroatoms. The van der Waals surface area contributed by atoms with E-state index in [1.807, 2.05) is 11.9 Å². The average Bonchev–Trinajstić information content (AvgIpc) is 2.68. The molecule has 0 bridgehead atoms. The zero-order valence-corrected chi connectivity index (χ0v) is 16.2. The van der Waals surface area contributed by atoms with Gasteiger partial charge in [-0.05, 0) is 57.4 Å². The van der Waals surface area contributed by atoms with Crippen LogP contribution >= 0.6 is 0 Å². The maximum atomic E-state index is 13.5. The summed E-state index contributed by atoms with van der Waals surface area (Å²) in [5.74, 6) is 0.430. The van der Waals surface area contributed by atoms with Gasteiger partial charge in [-0.1, -0.05) is 12.8 Å². The zero-order chi connectivity index (χ0) is 18.4. The average molecular weight is 370 g/mol. The standard InChI is InChI=1S/C19H36FN5O/c1-24(19(26)21-11-9-15-5-2-6-16(20)13-15)17-7-4-12-25(14-17)18-8-3-10-22-23-18/h15-18,22-23H,2-14H2,1H3,(H,21,26).